The lowest BCUT2D eigenvalue weighted by molar-refractivity contribution is -0.125. The quantitative estimate of drug-likeness (QED) is 0.840. The summed E-state index contributed by atoms with van der Waals surface area (Å²) in [6, 6.07) is 2.10. The van der Waals surface area contributed by atoms with Gasteiger partial charge in [-0.15, -0.1) is 6.58 Å². The van der Waals surface area contributed by atoms with Crippen LogP contribution in [0.1, 0.15) is 57.5 Å². The average molecular weight is 275 g/mol. The molecule has 110 valence electrons. The number of nitrogens with one attached hydrogen (secondary N) is 1. The van der Waals surface area contributed by atoms with Crippen molar-refractivity contribution in [3.05, 3.63) is 29.6 Å². The van der Waals surface area contributed by atoms with Crippen LogP contribution in [-0.2, 0) is 17.8 Å². The summed E-state index contributed by atoms with van der Waals surface area (Å²) in [6.45, 7) is 10.8. The van der Waals surface area contributed by atoms with Crippen LogP contribution in [0.15, 0.2) is 18.2 Å². The van der Waals surface area contributed by atoms with E-state index in [0.29, 0.717) is 0 Å². The Balaban J connectivity index is 1.97. The molecule has 2 rings (SSSR count). The standard InChI is InChI=1S/C16H25N3O/c1-11(2)9-12(3)16(20)17-13(4)15-10-14-7-5-6-8-19(14)18-15/h10,12-13H,1,5-9H2,2-4H3,(H,17,20). The van der Waals surface area contributed by atoms with Crippen molar-refractivity contribution >= 4 is 5.91 Å². The van der Waals surface area contributed by atoms with Crippen molar-refractivity contribution in [2.75, 3.05) is 0 Å². The number of nitrogens with zero attached hydrogens (tertiary/aromatic N) is 2. The van der Waals surface area contributed by atoms with Crippen molar-refractivity contribution in [2.24, 2.45) is 5.92 Å². The fraction of sp³-hybridized carbons (Fsp3) is 0.625. The summed E-state index contributed by atoms with van der Waals surface area (Å²) in [5.41, 5.74) is 3.30. The predicted octanol–water partition coefficient (Wildman–Crippen LogP) is 3.00. The van der Waals surface area contributed by atoms with Gasteiger partial charge in [-0.2, -0.15) is 5.10 Å². The average Bonchev–Trinajstić information content (AvgIpc) is 2.81. The summed E-state index contributed by atoms with van der Waals surface area (Å²) < 4.78 is 2.08. The molecule has 1 amide bonds. The molecule has 0 saturated heterocycles. The van der Waals surface area contributed by atoms with Gasteiger partial charge in [-0.25, -0.2) is 0 Å². The minimum Gasteiger partial charge on any atom is -0.348 e. The Hall–Kier alpha value is -1.58. The smallest absolute Gasteiger partial charge is 0.223 e. The van der Waals surface area contributed by atoms with Crippen LogP contribution in [0.4, 0.5) is 0 Å². The van der Waals surface area contributed by atoms with Gasteiger partial charge in [0.25, 0.3) is 0 Å². The molecular formula is C16H25N3O. The van der Waals surface area contributed by atoms with E-state index in [4.69, 9.17) is 0 Å². The second-order valence-corrected chi connectivity index (χ2v) is 6.03. The summed E-state index contributed by atoms with van der Waals surface area (Å²) in [7, 11) is 0. The molecular weight excluding hydrogens is 250 g/mol. The highest BCUT2D eigenvalue weighted by Gasteiger charge is 2.20. The van der Waals surface area contributed by atoms with Gasteiger partial charge in [0.05, 0.1) is 11.7 Å². The van der Waals surface area contributed by atoms with Crippen LogP contribution in [-0.4, -0.2) is 15.7 Å². The maximum absolute atomic E-state index is 12.1. The summed E-state index contributed by atoms with van der Waals surface area (Å²) in [5, 5.41) is 7.66. The molecule has 1 aromatic heterocycles. The molecule has 1 aliphatic heterocycles. The van der Waals surface area contributed by atoms with E-state index in [2.05, 4.69) is 27.7 Å². The Labute approximate surface area is 121 Å². The number of rotatable bonds is 5. The molecule has 0 saturated carbocycles. The molecule has 0 bridgehead atoms. The molecule has 4 heteroatoms. The van der Waals surface area contributed by atoms with Gasteiger partial charge in [0.15, 0.2) is 0 Å². The summed E-state index contributed by atoms with van der Waals surface area (Å²) >= 11 is 0. The van der Waals surface area contributed by atoms with Gasteiger partial charge < -0.3 is 5.32 Å². The van der Waals surface area contributed by atoms with E-state index < -0.39 is 0 Å². The normalized spacial score (nSPS) is 17.1. The maximum atomic E-state index is 12.1. The molecule has 1 aliphatic rings. The molecule has 0 spiro atoms. The zero-order chi connectivity index (χ0) is 14.7. The van der Waals surface area contributed by atoms with Crippen molar-refractivity contribution in [3.8, 4) is 0 Å². The third kappa shape index (κ3) is 3.50. The SMILES string of the molecule is C=C(C)CC(C)C(=O)NC(C)c1cc2n(n1)CCCC2. The van der Waals surface area contributed by atoms with E-state index >= 15 is 0 Å². The van der Waals surface area contributed by atoms with Crippen molar-refractivity contribution in [1.82, 2.24) is 15.1 Å². The molecule has 0 fully saturated rings. The number of hydrogen-bond donors (Lipinski definition) is 1. The largest absolute Gasteiger partial charge is 0.348 e. The van der Waals surface area contributed by atoms with E-state index in [1.165, 1.54) is 18.5 Å². The van der Waals surface area contributed by atoms with Crippen LogP contribution >= 0.6 is 0 Å². The maximum Gasteiger partial charge on any atom is 0.223 e. The summed E-state index contributed by atoms with van der Waals surface area (Å²) in [5.74, 6) is 0.0404. The van der Waals surface area contributed by atoms with E-state index in [-0.39, 0.29) is 17.9 Å². The van der Waals surface area contributed by atoms with Crippen molar-refractivity contribution in [2.45, 2.75) is 59.0 Å². The number of aromatic nitrogens is 2. The highest BCUT2D eigenvalue weighted by Crippen LogP contribution is 2.20. The fourth-order valence-electron chi connectivity index (χ4n) is 2.70. The van der Waals surface area contributed by atoms with E-state index in [1.54, 1.807) is 0 Å². The molecule has 20 heavy (non-hydrogen) atoms. The number of amides is 1. The van der Waals surface area contributed by atoms with Crippen molar-refractivity contribution in [3.63, 3.8) is 0 Å². The van der Waals surface area contributed by atoms with Gasteiger partial charge >= 0.3 is 0 Å². The number of hydrogen-bond acceptors (Lipinski definition) is 2. The first-order valence-electron chi connectivity index (χ1n) is 7.48. The van der Waals surface area contributed by atoms with Gasteiger partial charge in [-0.05, 0) is 45.6 Å². The van der Waals surface area contributed by atoms with E-state index in [0.717, 1.165) is 30.7 Å². The zero-order valence-corrected chi connectivity index (χ0v) is 12.8. The Morgan fingerprint density at radius 2 is 2.25 bits per heavy atom. The minimum absolute atomic E-state index is 0.0341. The fourth-order valence-corrected chi connectivity index (χ4v) is 2.70. The number of allylic oxidation sites excluding steroid dienone is 1. The summed E-state index contributed by atoms with van der Waals surface area (Å²) in [4.78, 5) is 12.1. The molecule has 2 unspecified atom stereocenters. The van der Waals surface area contributed by atoms with E-state index in [9.17, 15) is 4.79 Å². The molecule has 1 aromatic rings. The lowest BCUT2D eigenvalue weighted by Crippen LogP contribution is -2.32. The summed E-state index contributed by atoms with van der Waals surface area (Å²) in [6.07, 6.45) is 4.27. The van der Waals surface area contributed by atoms with Gasteiger partial charge in [0.2, 0.25) is 5.91 Å². The van der Waals surface area contributed by atoms with Gasteiger partial charge in [-0.3, -0.25) is 9.48 Å². The first kappa shape index (κ1) is 14.8. The minimum atomic E-state index is -0.0350. The highest BCUT2D eigenvalue weighted by atomic mass is 16.1. The molecule has 2 atom stereocenters. The number of carbonyl (C=O) groups is 1. The van der Waals surface area contributed by atoms with Crippen LogP contribution in [0.3, 0.4) is 0 Å². The van der Waals surface area contributed by atoms with Crippen LogP contribution in [0.5, 0.6) is 0 Å². The van der Waals surface area contributed by atoms with E-state index in [1.807, 2.05) is 20.8 Å². The molecule has 2 heterocycles. The van der Waals surface area contributed by atoms with Crippen LogP contribution in [0, 0.1) is 5.92 Å². The van der Waals surface area contributed by atoms with Gasteiger partial charge in [0, 0.05) is 18.2 Å². The molecule has 0 aromatic carbocycles. The second-order valence-electron chi connectivity index (χ2n) is 6.03. The number of aryl methyl sites for hydroxylation is 2. The Bertz CT molecular complexity index is 480. The lowest BCUT2D eigenvalue weighted by atomic mass is 10.0. The topological polar surface area (TPSA) is 46.9 Å². The van der Waals surface area contributed by atoms with Crippen molar-refractivity contribution in [1.29, 1.82) is 0 Å². The lowest BCUT2D eigenvalue weighted by Gasteiger charge is -2.16. The van der Waals surface area contributed by atoms with Crippen molar-refractivity contribution < 1.29 is 4.79 Å². The third-order valence-corrected chi connectivity index (χ3v) is 3.84. The Morgan fingerprint density at radius 3 is 2.90 bits per heavy atom. The monoisotopic (exact) mass is 275 g/mol. The number of fused-ring (bicyclic) bond motifs is 1. The van der Waals surface area contributed by atoms with Crippen LogP contribution in [0.2, 0.25) is 0 Å². The molecule has 4 nitrogen and oxygen atoms in total. The Morgan fingerprint density at radius 1 is 1.50 bits per heavy atom. The third-order valence-electron chi connectivity index (χ3n) is 3.84. The Kier molecular flexibility index (Phi) is 4.63. The first-order chi connectivity index (χ1) is 9.47. The highest BCUT2D eigenvalue weighted by molar-refractivity contribution is 5.78. The predicted molar refractivity (Wildman–Crippen MR) is 80.3 cm³/mol. The second kappa shape index (κ2) is 6.25. The zero-order valence-electron chi connectivity index (χ0n) is 12.8. The van der Waals surface area contributed by atoms with Gasteiger partial charge in [-0.1, -0.05) is 12.5 Å². The van der Waals surface area contributed by atoms with Crippen LogP contribution in [0.25, 0.3) is 0 Å². The number of carbonyl (C=O) groups excluding carboxylic acids is 1. The first-order valence-corrected chi connectivity index (χ1v) is 7.48. The molecule has 0 aliphatic carbocycles. The van der Waals surface area contributed by atoms with Crippen LogP contribution < -0.4 is 5.32 Å². The molecule has 0 radical (unpaired) electrons. The molecule has 1 N–H and O–H groups in total. The van der Waals surface area contributed by atoms with Gasteiger partial charge in [0.1, 0.15) is 0 Å².